The summed E-state index contributed by atoms with van der Waals surface area (Å²) in [4.78, 5) is 21.5. The van der Waals surface area contributed by atoms with Crippen LogP contribution in [0.4, 0.5) is 5.13 Å². The highest BCUT2D eigenvalue weighted by Gasteiger charge is 2.25. The zero-order chi connectivity index (χ0) is 18.7. The van der Waals surface area contributed by atoms with Crippen LogP contribution >= 0.6 is 11.5 Å². The molecule has 1 saturated heterocycles. The van der Waals surface area contributed by atoms with Crippen molar-refractivity contribution in [2.24, 2.45) is 0 Å². The Hall–Kier alpha value is -2.35. The summed E-state index contributed by atoms with van der Waals surface area (Å²) in [6.07, 6.45) is 0. The molecular formula is C18H24N4O3S. The van der Waals surface area contributed by atoms with Crippen LogP contribution in [0.1, 0.15) is 35.9 Å². The summed E-state index contributed by atoms with van der Waals surface area (Å²) in [5.41, 5.74) is 0.577. The number of carbonyl (C=O) groups is 1. The Morgan fingerprint density at radius 1 is 1.08 bits per heavy atom. The van der Waals surface area contributed by atoms with E-state index in [1.165, 1.54) is 11.5 Å². The van der Waals surface area contributed by atoms with Gasteiger partial charge in [0.15, 0.2) is 0 Å². The highest BCUT2D eigenvalue weighted by atomic mass is 32.1. The smallest absolute Gasteiger partial charge is 0.254 e. The highest BCUT2D eigenvalue weighted by molar-refractivity contribution is 7.09. The molecule has 1 aromatic carbocycles. The molecule has 1 fully saturated rings. The van der Waals surface area contributed by atoms with Gasteiger partial charge in [-0.05, 0) is 12.1 Å². The minimum Gasteiger partial charge on any atom is -0.497 e. The minimum absolute atomic E-state index is 0.0121. The van der Waals surface area contributed by atoms with Crippen molar-refractivity contribution in [2.45, 2.75) is 19.8 Å². The first-order valence-electron chi connectivity index (χ1n) is 8.62. The van der Waals surface area contributed by atoms with Crippen molar-refractivity contribution in [1.82, 2.24) is 14.3 Å². The molecule has 0 unspecified atom stereocenters. The highest BCUT2D eigenvalue weighted by Crippen LogP contribution is 2.25. The Balaban J connectivity index is 1.66. The molecule has 1 aliphatic heterocycles. The average Bonchev–Trinajstić information content (AvgIpc) is 3.17. The van der Waals surface area contributed by atoms with Crippen LogP contribution in [0.5, 0.6) is 11.5 Å². The van der Waals surface area contributed by atoms with Crippen molar-refractivity contribution >= 4 is 22.6 Å². The van der Waals surface area contributed by atoms with Gasteiger partial charge in [-0.1, -0.05) is 13.8 Å². The van der Waals surface area contributed by atoms with E-state index < -0.39 is 0 Å². The maximum Gasteiger partial charge on any atom is 0.254 e. The number of hydrogen-bond acceptors (Lipinski definition) is 7. The van der Waals surface area contributed by atoms with Crippen molar-refractivity contribution < 1.29 is 14.3 Å². The second-order valence-electron chi connectivity index (χ2n) is 6.47. The third-order valence-electron chi connectivity index (χ3n) is 4.38. The number of nitrogens with zero attached hydrogens (tertiary/aromatic N) is 4. The molecular weight excluding hydrogens is 352 g/mol. The zero-order valence-electron chi connectivity index (χ0n) is 15.6. The van der Waals surface area contributed by atoms with Gasteiger partial charge in [-0.3, -0.25) is 4.79 Å². The SMILES string of the molecule is COc1cc(OC)cc(C(=O)N2CCN(c3nc(C(C)C)ns3)CC2)c1. The van der Waals surface area contributed by atoms with E-state index in [4.69, 9.17) is 9.47 Å². The molecule has 1 amide bonds. The van der Waals surface area contributed by atoms with Crippen molar-refractivity contribution in [3.8, 4) is 11.5 Å². The number of aromatic nitrogens is 2. The summed E-state index contributed by atoms with van der Waals surface area (Å²) in [5.74, 6) is 2.42. The van der Waals surface area contributed by atoms with Crippen molar-refractivity contribution in [1.29, 1.82) is 0 Å². The Morgan fingerprint density at radius 2 is 1.69 bits per heavy atom. The number of piperazine rings is 1. The molecule has 0 saturated carbocycles. The summed E-state index contributed by atoms with van der Waals surface area (Å²) >= 11 is 1.43. The van der Waals surface area contributed by atoms with Crippen LogP contribution in [0.25, 0.3) is 0 Å². The summed E-state index contributed by atoms with van der Waals surface area (Å²) in [6.45, 7) is 6.97. The molecule has 0 N–H and O–H groups in total. The zero-order valence-corrected chi connectivity index (χ0v) is 16.4. The van der Waals surface area contributed by atoms with Gasteiger partial charge in [-0.15, -0.1) is 0 Å². The predicted octanol–water partition coefficient (Wildman–Crippen LogP) is 2.64. The van der Waals surface area contributed by atoms with Crippen LogP contribution in [0.3, 0.4) is 0 Å². The molecule has 1 aromatic heterocycles. The maximum absolute atomic E-state index is 12.8. The van der Waals surface area contributed by atoms with Crippen LogP contribution in [0.2, 0.25) is 0 Å². The molecule has 2 heterocycles. The molecule has 0 spiro atoms. The fourth-order valence-corrected chi connectivity index (χ4v) is 3.66. The second-order valence-corrected chi connectivity index (χ2v) is 7.20. The van der Waals surface area contributed by atoms with Crippen molar-refractivity contribution in [3.63, 3.8) is 0 Å². The van der Waals surface area contributed by atoms with Gasteiger partial charge in [0.25, 0.3) is 5.91 Å². The molecule has 0 bridgehead atoms. The molecule has 7 nitrogen and oxygen atoms in total. The Kier molecular flexibility index (Phi) is 5.61. The van der Waals surface area contributed by atoms with Crippen molar-refractivity contribution in [2.75, 3.05) is 45.3 Å². The van der Waals surface area contributed by atoms with E-state index in [-0.39, 0.29) is 5.91 Å². The van der Waals surface area contributed by atoms with Gasteiger partial charge in [0.05, 0.1) is 14.2 Å². The van der Waals surface area contributed by atoms with Crippen LogP contribution < -0.4 is 14.4 Å². The minimum atomic E-state index is -0.0121. The van der Waals surface area contributed by atoms with E-state index in [2.05, 4.69) is 28.1 Å². The van der Waals surface area contributed by atoms with E-state index >= 15 is 0 Å². The lowest BCUT2D eigenvalue weighted by molar-refractivity contribution is 0.0746. The number of rotatable bonds is 5. The van der Waals surface area contributed by atoms with E-state index in [0.29, 0.717) is 36.1 Å². The van der Waals surface area contributed by atoms with Gasteiger partial charge < -0.3 is 19.3 Å². The topological polar surface area (TPSA) is 67.8 Å². The van der Waals surface area contributed by atoms with E-state index in [9.17, 15) is 4.79 Å². The number of carbonyl (C=O) groups excluding carboxylic acids is 1. The van der Waals surface area contributed by atoms with Gasteiger partial charge in [0.2, 0.25) is 5.13 Å². The first-order valence-corrected chi connectivity index (χ1v) is 9.40. The van der Waals surface area contributed by atoms with Crippen LogP contribution in [-0.2, 0) is 0 Å². The van der Waals surface area contributed by atoms with Gasteiger partial charge in [0.1, 0.15) is 17.3 Å². The van der Waals surface area contributed by atoms with Crippen molar-refractivity contribution in [3.05, 3.63) is 29.6 Å². The van der Waals surface area contributed by atoms with E-state index in [1.54, 1.807) is 32.4 Å². The van der Waals surface area contributed by atoms with Crippen LogP contribution in [0.15, 0.2) is 18.2 Å². The van der Waals surface area contributed by atoms with E-state index in [1.807, 2.05) is 4.90 Å². The van der Waals surface area contributed by atoms with Gasteiger partial charge in [0, 0.05) is 55.3 Å². The summed E-state index contributed by atoms with van der Waals surface area (Å²) in [5, 5.41) is 0.934. The Bertz CT molecular complexity index is 747. The quantitative estimate of drug-likeness (QED) is 0.799. The number of ether oxygens (including phenoxy) is 2. The van der Waals surface area contributed by atoms with E-state index in [0.717, 1.165) is 24.0 Å². The summed E-state index contributed by atoms with van der Waals surface area (Å²) in [7, 11) is 3.16. The molecule has 8 heteroatoms. The van der Waals surface area contributed by atoms with Crippen LogP contribution in [-0.4, -0.2) is 60.6 Å². The third kappa shape index (κ3) is 3.90. The molecule has 1 aliphatic rings. The van der Waals surface area contributed by atoms with Crippen LogP contribution in [0, 0.1) is 0 Å². The lowest BCUT2D eigenvalue weighted by Gasteiger charge is -2.34. The van der Waals surface area contributed by atoms with Gasteiger partial charge >= 0.3 is 0 Å². The standard InChI is InChI=1S/C18H24N4O3S/c1-12(2)16-19-18(26-20-16)22-7-5-21(6-8-22)17(23)13-9-14(24-3)11-15(10-13)25-4/h9-12H,5-8H2,1-4H3. The molecule has 26 heavy (non-hydrogen) atoms. The molecule has 0 aliphatic carbocycles. The second kappa shape index (κ2) is 7.90. The molecule has 0 atom stereocenters. The number of anilines is 1. The maximum atomic E-state index is 12.8. The first-order chi connectivity index (χ1) is 12.5. The normalized spacial score (nSPS) is 14.7. The fraction of sp³-hybridized carbons (Fsp3) is 0.500. The molecule has 0 radical (unpaired) electrons. The number of hydrogen-bond donors (Lipinski definition) is 0. The molecule has 3 rings (SSSR count). The first kappa shape index (κ1) is 18.4. The number of amides is 1. The monoisotopic (exact) mass is 376 g/mol. The lowest BCUT2D eigenvalue weighted by Crippen LogP contribution is -2.48. The number of methoxy groups -OCH3 is 2. The fourth-order valence-electron chi connectivity index (χ4n) is 2.80. The molecule has 140 valence electrons. The summed E-state index contributed by atoms with van der Waals surface area (Å²) in [6, 6.07) is 5.25. The number of benzene rings is 1. The lowest BCUT2D eigenvalue weighted by atomic mass is 10.1. The molecule has 2 aromatic rings. The summed E-state index contributed by atoms with van der Waals surface area (Å²) < 4.78 is 14.9. The third-order valence-corrected chi connectivity index (χ3v) is 5.17. The largest absolute Gasteiger partial charge is 0.497 e. The Morgan fingerprint density at radius 3 is 2.19 bits per heavy atom. The van der Waals surface area contributed by atoms with Gasteiger partial charge in [-0.25, -0.2) is 4.98 Å². The predicted molar refractivity (Wildman–Crippen MR) is 102 cm³/mol. The average molecular weight is 376 g/mol. The van der Waals surface area contributed by atoms with Gasteiger partial charge in [-0.2, -0.15) is 4.37 Å². The Labute approximate surface area is 157 Å².